The molecule has 0 bridgehead atoms. The van der Waals surface area contributed by atoms with E-state index in [1.165, 1.54) is 23.0 Å². The molecule has 1 rings (SSSR count). The maximum Gasteiger partial charge on any atom is 0.329 e. The molecule has 0 aliphatic rings. The van der Waals surface area contributed by atoms with Gasteiger partial charge in [-0.3, -0.25) is 4.57 Å². The minimum Gasteiger partial charge on any atom is -0.480 e. The molecule has 14 heavy (non-hydrogen) atoms. The fourth-order valence-corrected chi connectivity index (χ4v) is 1.48. The molecule has 0 saturated carbocycles. The first-order valence-corrected chi connectivity index (χ1v) is 4.27. The van der Waals surface area contributed by atoms with E-state index in [1.54, 1.807) is 20.2 Å². The number of hydrogen-bond acceptors (Lipinski definition) is 2. The molecule has 0 fully saturated rings. The van der Waals surface area contributed by atoms with Gasteiger partial charge in [-0.05, 0) is 20.8 Å². The Hall–Kier alpha value is -1.52. The molecule has 5 nitrogen and oxygen atoms in total. The molecule has 5 heteroatoms. The number of imidazole rings is 1. The molecule has 0 saturated heterocycles. The highest BCUT2D eigenvalue weighted by Gasteiger charge is 2.32. The van der Waals surface area contributed by atoms with Crippen molar-refractivity contribution in [2.75, 3.05) is 0 Å². The number of aryl methyl sites for hydroxylation is 2. The predicted octanol–water partition coefficient (Wildman–Crippen LogP) is 0.315. The molecule has 1 aromatic rings. The van der Waals surface area contributed by atoms with Crippen molar-refractivity contribution in [3.8, 4) is 0 Å². The van der Waals surface area contributed by atoms with Crippen LogP contribution in [-0.2, 0) is 17.4 Å². The Labute approximate surface area is 81.6 Å². The summed E-state index contributed by atoms with van der Waals surface area (Å²) in [5.41, 5.74) is -0.873. The minimum absolute atomic E-state index is 0.310. The van der Waals surface area contributed by atoms with Crippen molar-refractivity contribution in [2.24, 2.45) is 7.05 Å². The lowest BCUT2D eigenvalue weighted by Gasteiger charge is -2.21. The highest BCUT2D eigenvalue weighted by atomic mass is 16.4. The van der Waals surface area contributed by atoms with Gasteiger partial charge in [0.2, 0.25) is 0 Å². The molecule has 0 aromatic carbocycles. The van der Waals surface area contributed by atoms with E-state index in [4.69, 9.17) is 5.11 Å². The second kappa shape index (κ2) is 3.01. The summed E-state index contributed by atoms with van der Waals surface area (Å²) < 4.78 is 2.65. The van der Waals surface area contributed by atoms with E-state index in [-0.39, 0.29) is 5.69 Å². The first kappa shape index (κ1) is 10.6. The van der Waals surface area contributed by atoms with Gasteiger partial charge >= 0.3 is 11.7 Å². The highest BCUT2D eigenvalue weighted by molar-refractivity contribution is 5.75. The maximum atomic E-state index is 11.6. The normalized spacial score (nSPS) is 11.7. The lowest BCUT2D eigenvalue weighted by molar-refractivity contribution is -0.145. The molecule has 78 valence electrons. The Morgan fingerprint density at radius 2 is 2.00 bits per heavy atom. The molecular weight excluding hydrogens is 184 g/mol. The quantitative estimate of drug-likeness (QED) is 0.744. The highest BCUT2D eigenvalue weighted by Crippen LogP contribution is 2.15. The molecule has 0 aliphatic heterocycles. The summed E-state index contributed by atoms with van der Waals surface area (Å²) in [6.45, 7) is 4.72. The number of carboxylic acid groups (broad SMARTS) is 1. The molecule has 1 heterocycles. The third-order valence-corrected chi connectivity index (χ3v) is 2.31. The molecule has 0 unspecified atom stereocenters. The standard InChI is InChI=1S/C9H14N2O3/c1-6-5-10(4)8(14)11(6)9(2,3)7(12)13/h5H,1-4H3,(H,12,13). The van der Waals surface area contributed by atoms with Crippen molar-refractivity contribution in [2.45, 2.75) is 26.3 Å². The van der Waals surface area contributed by atoms with Crippen molar-refractivity contribution in [1.29, 1.82) is 0 Å². The first-order chi connectivity index (χ1) is 6.28. The van der Waals surface area contributed by atoms with Gasteiger partial charge in [0.25, 0.3) is 0 Å². The van der Waals surface area contributed by atoms with Gasteiger partial charge in [0.05, 0.1) is 0 Å². The molecular formula is C9H14N2O3. The summed E-state index contributed by atoms with van der Waals surface area (Å²) in [7, 11) is 1.60. The van der Waals surface area contributed by atoms with E-state index in [9.17, 15) is 9.59 Å². The molecule has 0 spiro atoms. The monoisotopic (exact) mass is 198 g/mol. The Morgan fingerprint density at radius 3 is 2.29 bits per heavy atom. The third-order valence-electron chi connectivity index (χ3n) is 2.31. The Balaban J connectivity index is 3.47. The molecule has 0 atom stereocenters. The van der Waals surface area contributed by atoms with Crippen LogP contribution in [-0.4, -0.2) is 20.2 Å². The van der Waals surface area contributed by atoms with Crippen molar-refractivity contribution in [3.05, 3.63) is 22.4 Å². The lowest BCUT2D eigenvalue weighted by Crippen LogP contribution is -2.43. The summed E-state index contributed by atoms with van der Waals surface area (Å²) in [5, 5.41) is 8.98. The van der Waals surface area contributed by atoms with Crippen molar-refractivity contribution in [1.82, 2.24) is 9.13 Å². The van der Waals surface area contributed by atoms with Crippen LogP contribution in [0.3, 0.4) is 0 Å². The van der Waals surface area contributed by atoms with Crippen LogP contribution in [0, 0.1) is 6.92 Å². The summed E-state index contributed by atoms with van der Waals surface area (Å²) in [4.78, 5) is 22.6. The van der Waals surface area contributed by atoms with Gasteiger partial charge in [-0.15, -0.1) is 0 Å². The number of carboxylic acids is 1. The van der Waals surface area contributed by atoms with E-state index >= 15 is 0 Å². The van der Waals surface area contributed by atoms with Gasteiger partial charge < -0.3 is 9.67 Å². The zero-order valence-electron chi connectivity index (χ0n) is 8.74. The Morgan fingerprint density at radius 1 is 1.50 bits per heavy atom. The fourth-order valence-electron chi connectivity index (χ4n) is 1.48. The van der Waals surface area contributed by atoms with Crippen molar-refractivity contribution in [3.63, 3.8) is 0 Å². The molecule has 1 aromatic heterocycles. The van der Waals surface area contributed by atoms with E-state index < -0.39 is 11.5 Å². The van der Waals surface area contributed by atoms with Crippen LogP contribution < -0.4 is 5.69 Å². The average Bonchev–Trinajstić information content (AvgIpc) is 2.26. The van der Waals surface area contributed by atoms with E-state index in [0.29, 0.717) is 5.69 Å². The van der Waals surface area contributed by atoms with Gasteiger partial charge in [-0.2, -0.15) is 0 Å². The summed E-state index contributed by atoms with van der Waals surface area (Å²) in [5.74, 6) is -1.02. The number of hydrogen-bond donors (Lipinski definition) is 1. The number of carbonyl (C=O) groups is 1. The molecule has 0 radical (unpaired) electrons. The topological polar surface area (TPSA) is 64.2 Å². The van der Waals surface area contributed by atoms with Crippen LogP contribution in [0.25, 0.3) is 0 Å². The first-order valence-electron chi connectivity index (χ1n) is 4.27. The number of rotatable bonds is 2. The van der Waals surface area contributed by atoms with E-state index in [2.05, 4.69) is 0 Å². The van der Waals surface area contributed by atoms with E-state index in [0.717, 1.165) is 0 Å². The number of aromatic nitrogens is 2. The van der Waals surface area contributed by atoms with Crippen molar-refractivity contribution < 1.29 is 9.90 Å². The van der Waals surface area contributed by atoms with Crippen LogP contribution >= 0.6 is 0 Å². The summed E-state index contributed by atoms with van der Waals surface area (Å²) >= 11 is 0. The third kappa shape index (κ3) is 1.34. The second-order valence-electron chi connectivity index (χ2n) is 3.86. The largest absolute Gasteiger partial charge is 0.480 e. The lowest BCUT2D eigenvalue weighted by atomic mass is 10.1. The van der Waals surface area contributed by atoms with Gasteiger partial charge in [0, 0.05) is 18.9 Å². The fraction of sp³-hybridized carbons (Fsp3) is 0.556. The van der Waals surface area contributed by atoms with Crippen LogP contribution in [0.15, 0.2) is 11.0 Å². The van der Waals surface area contributed by atoms with Crippen molar-refractivity contribution >= 4 is 5.97 Å². The molecule has 1 N–H and O–H groups in total. The summed E-state index contributed by atoms with van der Waals surface area (Å²) in [6.07, 6.45) is 1.62. The smallest absolute Gasteiger partial charge is 0.329 e. The maximum absolute atomic E-state index is 11.6. The molecule has 0 amide bonds. The van der Waals surface area contributed by atoms with Crippen LogP contribution in [0.1, 0.15) is 19.5 Å². The van der Waals surface area contributed by atoms with Crippen LogP contribution in [0.5, 0.6) is 0 Å². The Kier molecular flexibility index (Phi) is 2.27. The second-order valence-corrected chi connectivity index (χ2v) is 3.86. The van der Waals surface area contributed by atoms with Gasteiger partial charge in [0.1, 0.15) is 5.54 Å². The zero-order valence-corrected chi connectivity index (χ0v) is 8.74. The zero-order chi connectivity index (χ0) is 11.1. The van der Waals surface area contributed by atoms with Crippen LogP contribution in [0.2, 0.25) is 0 Å². The van der Waals surface area contributed by atoms with Gasteiger partial charge in [-0.25, -0.2) is 9.59 Å². The summed E-state index contributed by atoms with van der Waals surface area (Å²) in [6, 6.07) is 0. The minimum atomic E-state index is -1.21. The Bertz CT molecular complexity index is 426. The van der Waals surface area contributed by atoms with Crippen LogP contribution in [0.4, 0.5) is 0 Å². The molecule has 0 aliphatic carbocycles. The average molecular weight is 198 g/mol. The SMILES string of the molecule is Cc1cn(C)c(=O)n1C(C)(C)C(=O)O. The van der Waals surface area contributed by atoms with E-state index in [1.807, 2.05) is 0 Å². The van der Waals surface area contributed by atoms with Gasteiger partial charge in [-0.1, -0.05) is 0 Å². The van der Waals surface area contributed by atoms with Gasteiger partial charge in [0.15, 0.2) is 0 Å². The predicted molar refractivity (Wildman–Crippen MR) is 51.4 cm³/mol. The number of nitrogens with zero attached hydrogens (tertiary/aromatic N) is 2. The number of aliphatic carboxylic acids is 1.